The van der Waals surface area contributed by atoms with Gasteiger partial charge in [-0.05, 0) is 6.07 Å². The summed E-state index contributed by atoms with van der Waals surface area (Å²) in [4.78, 5) is 27.7. The maximum atomic E-state index is 11.1. The fourth-order valence-electron chi connectivity index (χ4n) is 1.45. The highest BCUT2D eigenvalue weighted by atomic mass is 16.2. The van der Waals surface area contributed by atoms with Crippen LogP contribution in [0.5, 0.6) is 0 Å². The first kappa shape index (κ1) is 9.45. The van der Waals surface area contributed by atoms with Gasteiger partial charge in [0, 0.05) is 18.0 Å². The van der Waals surface area contributed by atoms with Gasteiger partial charge in [-0.1, -0.05) is 0 Å². The van der Waals surface area contributed by atoms with E-state index in [9.17, 15) is 9.59 Å². The first-order valence-corrected chi connectivity index (χ1v) is 4.44. The summed E-state index contributed by atoms with van der Waals surface area (Å²) in [5.74, 6) is -0.241. The third-order valence-corrected chi connectivity index (χ3v) is 2.08. The number of rotatable bonds is 1. The Hall–Kier alpha value is -2.11. The van der Waals surface area contributed by atoms with Crippen LogP contribution in [0.1, 0.15) is 0 Å². The summed E-state index contributed by atoms with van der Waals surface area (Å²) in [6.07, 6.45) is 1.54. The average Bonchev–Trinajstić information content (AvgIpc) is 2.16. The summed E-state index contributed by atoms with van der Waals surface area (Å²) in [7, 11) is 0. The van der Waals surface area contributed by atoms with E-state index in [0.717, 1.165) is 5.69 Å². The van der Waals surface area contributed by atoms with Crippen molar-refractivity contribution >= 4 is 23.3 Å². The number of amides is 2. The van der Waals surface area contributed by atoms with Gasteiger partial charge in [-0.3, -0.25) is 14.9 Å². The standard InChI is InChI=1S/C9H10N4O2/c10-7-3-6(1-2-11-7)13-4-8(14)12-9(15)5-13/h1-3H,4-5H2,(H2,10,11)(H,12,14,15). The van der Waals surface area contributed by atoms with Crippen LogP contribution >= 0.6 is 0 Å². The lowest BCUT2D eigenvalue weighted by Gasteiger charge is -2.27. The van der Waals surface area contributed by atoms with Gasteiger partial charge in [-0.25, -0.2) is 4.98 Å². The molecule has 1 fully saturated rings. The van der Waals surface area contributed by atoms with Gasteiger partial charge in [0.1, 0.15) is 5.82 Å². The molecule has 1 aliphatic rings. The molecule has 0 aliphatic carbocycles. The molecule has 0 spiro atoms. The zero-order chi connectivity index (χ0) is 10.8. The fraction of sp³-hybridized carbons (Fsp3) is 0.222. The zero-order valence-electron chi connectivity index (χ0n) is 7.93. The van der Waals surface area contributed by atoms with Crippen LogP contribution in [0.4, 0.5) is 11.5 Å². The van der Waals surface area contributed by atoms with E-state index < -0.39 is 0 Å². The second kappa shape index (κ2) is 3.56. The minimum absolute atomic E-state index is 0.162. The minimum atomic E-state index is -0.304. The molecule has 0 unspecified atom stereocenters. The van der Waals surface area contributed by atoms with Crippen LogP contribution < -0.4 is 16.0 Å². The van der Waals surface area contributed by atoms with Crippen molar-refractivity contribution in [2.24, 2.45) is 0 Å². The Morgan fingerprint density at radius 2 is 2.00 bits per heavy atom. The number of nitrogens with two attached hydrogens (primary N) is 1. The number of pyridine rings is 1. The summed E-state index contributed by atoms with van der Waals surface area (Å²) >= 11 is 0. The van der Waals surface area contributed by atoms with Crippen LogP contribution in [0.2, 0.25) is 0 Å². The molecule has 1 saturated heterocycles. The Labute approximate surface area is 86.1 Å². The first-order chi connectivity index (χ1) is 7.15. The third-order valence-electron chi connectivity index (χ3n) is 2.08. The molecule has 0 bridgehead atoms. The van der Waals surface area contributed by atoms with Gasteiger partial charge in [0.05, 0.1) is 13.1 Å². The molecule has 0 atom stereocenters. The van der Waals surface area contributed by atoms with Gasteiger partial charge in [0.15, 0.2) is 0 Å². The second-order valence-corrected chi connectivity index (χ2v) is 3.27. The maximum Gasteiger partial charge on any atom is 0.246 e. The molecule has 78 valence electrons. The Kier molecular flexibility index (Phi) is 2.24. The van der Waals surface area contributed by atoms with Crippen molar-refractivity contribution in [2.45, 2.75) is 0 Å². The first-order valence-electron chi connectivity index (χ1n) is 4.44. The predicted molar refractivity (Wildman–Crippen MR) is 54.0 cm³/mol. The van der Waals surface area contributed by atoms with E-state index in [-0.39, 0.29) is 24.9 Å². The highest BCUT2D eigenvalue weighted by molar-refractivity contribution is 6.02. The normalized spacial score (nSPS) is 16.4. The highest BCUT2D eigenvalue weighted by Gasteiger charge is 2.22. The van der Waals surface area contributed by atoms with Gasteiger partial charge in [0.2, 0.25) is 11.8 Å². The number of anilines is 2. The molecule has 1 aromatic heterocycles. The lowest BCUT2D eigenvalue weighted by molar-refractivity contribution is -0.130. The Morgan fingerprint density at radius 3 is 2.60 bits per heavy atom. The monoisotopic (exact) mass is 206 g/mol. The van der Waals surface area contributed by atoms with Crippen LogP contribution in [-0.4, -0.2) is 29.9 Å². The summed E-state index contributed by atoms with van der Waals surface area (Å²) in [6.45, 7) is 0.324. The van der Waals surface area contributed by atoms with E-state index in [1.807, 2.05) is 0 Å². The molecule has 2 rings (SSSR count). The molecule has 2 heterocycles. The SMILES string of the molecule is Nc1cc(N2CC(=O)NC(=O)C2)ccn1. The summed E-state index contributed by atoms with van der Waals surface area (Å²) in [5, 5.41) is 2.23. The largest absolute Gasteiger partial charge is 0.384 e. The lowest BCUT2D eigenvalue weighted by Crippen LogP contribution is -2.51. The predicted octanol–water partition coefficient (Wildman–Crippen LogP) is -0.873. The van der Waals surface area contributed by atoms with Crippen LogP contribution in [0.15, 0.2) is 18.3 Å². The number of hydrogen-bond donors (Lipinski definition) is 2. The number of carbonyl (C=O) groups excluding carboxylic acids is 2. The molecule has 1 aliphatic heterocycles. The quantitative estimate of drug-likeness (QED) is 0.583. The molecule has 0 aromatic carbocycles. The zero-order valence-corrected chi connectivity index (χ0v) is 7.93. The van der Waals surface area contributed by atoms with E-state index >= 15 is 0 Å². The minimum Gasteiger partial charge on any atom is -0.384 e. The molecular weight excluding hydrogens is 196 g/mol. The molecule has 3 N–H and O–H groups in total. The number of imide groups is 1. The number of hydrogen-bond acceptors (Lipinski definition) is 5. The number of piperazine rings is 1. The Balaban J connectivity index is 2.23. The molecule has 2 amide bonds. The maximum absolute atomic E-state index is 11.1. The van der Waals surface area contributed by atoms with Gasteiger partial charge >= 0.3 is 0 Å². The van der Waals surface area contributed by atoms with Crippen LogP contribution in [-0.2, 0) is 9.59 Å². The molecule has 0 radical (unpaired) electrons. The molecule has 0 saturated carbocycles. The van der Waals surface area contributed by atoms with E-state index in [1.165, 1.54) is 0 Å². The number of carbonyl (C=O) groups is 2. The van der Waals surface area contributed by atoms with Gasteiger partial charge in [-0.2, -0.15) is 0 Å². The molecule has 6 nitrogen and oxygen atoms in total. The average molecular weight is 206 g/mol. The van der Waals surface area contributed by atoms with Crippen molar-refractivity contribution in [2.75, 3.05) is 23.7 Å². The van der Waals surface area contributed by atoms with Crippen molar-refractivity contribution < 1.29 is 9.59 Å². The van der Waals surface area contributed by atoms with Crippen molar-refractivity contribution in [1.82, 2.24) is 10.3 Å². The van der Waals surface area contributed by atoms with E-state index in [2.05, 4.69) is 10.3 Å². The van der Waals surface area contributed by atoms with Gasteiger partial charge in [0.25, 0.3) is 0 Å². The van der Waals surface area contributed by atoms with Crippen LogP contribution in [0, 0.1) is 0 Å². The topological polar surface area (TPSA) is 88.3 Å². The smallest absolute Gasteiger partial charge is 0.246 e. The van der Waals surface area contributed by atoms with Crippen molar-refractivity contribution in [3.8, 4) is 0 Å². The van der Waals surface area contributed by atoms with Crippen LogP contribution in [0.3, 0.4) is 0 Å². The third kappa shape index (κ3) is 2.04. The second-order valence-electron chi connectivity index (χ2n) is 3.27. The number of nitrogen functional groups attached to an aromatic ring is 1. The van der Waals surface area contributed by atoms with Gasteiger partial charge in [-0.15, -0.1) is 0 Å². The number of aromatic nitrogens is 1. The van der Waals surface area contributed by atoms with E-state index in [0.29, 0.717) is 5.82 Å². The lowest BCUT2D eigenvalue weighted by atomic mass is 10.3. The Bertz CT molecular complexity index is 402. The summed E-state index contributed by atoms with van der Waals surface area (Å²) < 4.78 is 0. The van der Waals surface area contributed by atoms with Crippen molar-refractivity contribution in [3.63, 3.8) is 0 Å². The summed E-state index contributed by atoms with van der Waals surface area (Å²) in [6, 6.07) is 3.34. The highest BCUT2D eigenvalue weighted by Crippen LogP contribution is 2.16. The molecular formula is C9H10N4O2. The number of nitrogens with one attached hydrogen (secondary N) is 1. The van der Waals surface area contributed by atoms with Crippen molar-refractivity contribution in [1.29, 1.82) is 0 Å². The van der Waals surface area contributed by atoms with Crippen molar-refractivity contribution in [3.05, 3.63) is 18.3 Å². The number of nitrogens with zero attached hydrogens (tertiary/aromatic N) is 2. The Morgan fingerprint density at radius 1 is 1.33 bits per heavy atom. The molecule has 1 aromatic rings. The van der Waals surface area contributed by atoms with Gasteiger partial charge < -0.3 is 10.6 Å². The molecule has 6 heteroatoms. The van der Waals surface area contributed by atoms with E-state index in [1.54, 1.807) is 23.2 Å². The van der Waals surface area contributed by atoms with Crippen LogP contribution in [0.25, 0.3) is 0 Å². The summed E-state index contributed by atoms with van der Waals surface area (Å²) in [5.41, 5.74) is 6.24. The fourth-order valence-corrected chi connectivity index (χ4v) is 1.45. The van der Waals surface area contributed by atoms with E-state index in [4.69, 9.17) is 5.73 Å². The molecule has 15 heavy (non-hydrogen) atoms.